The summed E-state index contributed by atoms with van der Waals surface area (Å²) in [6.45, 7) is 1.81. The van der Waals surface area contributed by atoms with Gasteiger partial charge in [-0.25, -0.2) is 8.78 Å². The summed E-state index contributed by atoms with van der Waals surface area (Å²) >= 11 is 0. The number of fused-ring (bicyclic) bond motifs is 1. The van der Waals surface area contributed by atoms with Crippen molar-refractivity contribution in [3.63, 3.8) is 0 Å². The van der Waals surface area contributed by atoms with Crippen LogP contribution >= 0.6 is 0 Å². The molecule has 1 fully saturated rings. The number of carbonyl (C=O) groups is 1. The molecule has 2 aliphatic rings. The van der Waals surface area contributed by atoms with E-state index >= 15 is 4.39 Å². The van der Waals surface area contributed by atoms with Crippen LogP contribution in [-0.4, -0.2) is 24.8 Å². The van der Waals surface area contributed by atoms with Crippen molar-refractivity contribution >= 4 is 5.97 Å². The fourth-order valence-electron chi connectivity index (χ4n) is 4.81. The van der Waals surface area contributed by atoms with Crippen molar-refractivity contribution in [3.05, 3.63) is 77.4 Å². The summed E-state index contributed by atoms with van der Waals surface area (Å²) in [6.07, 6.45) is 1.21. The van der Waals surface area contributed by atoms with E-state index in [4.69, 9.17) is 14.2 Å². The van der Waals surface area contributed by atoms with Crippen molar-refractivity contribution in [1.82, 2.24) is 0 Å². The first-order valence-electron chi connectivity index (χ1n) is 11.7. The van der Waals surface area contributed by atoms with E-state index in [0.717, 1.165) is 18.4 Å². The van der Waals surface area contributed by atoms with Crippen LogP contribution in [0.3, 0.4) is 0 Å². The molecule has 0 saturated heterocycles. The molecule has 1 unspecified atom stereocenters. The molecule has 1 heterocycles. The number of rotatable bonds is 7. The standard InChI is InChI=1S/C28H26F2O5/c1-15(28(31)32)25(18-7-8-18)20-10-12-23-27(26(20)30)35-24(14-34-23)17-5-3-16(4-6-17)21-13-19(33-2)9-11-22(21)29/h3-6,9-13,15,18,24-25H,7-8,14H2,1-2H3,(H,31,32)/t15-,24?,25-/m0/s1. The number of hydrogen-bond acceptors (Lipinski definition) is 4. The van der Waals surface area contributed by atoms with Gasteiger partial charge in [-0.1, -0.05) is 37.3 Å². The van der Waals surface area contributed by atoms with E-state index in [1.165, 1.54) is 13.2 Å². The van der Waals surface area contributed by atoms with Gasteiger partial charge in [0, 0.05) is 11.5 Å². The maximum absolute atomic E-state index is 15.7. The lowest BCUT2D eigenvalue weighted by atomic mass is 9.83. The smallest absolute Gasteiger partial charge is 0.306 e. The van der Waals surface area contributed by atoms with Gasteiger partial charge < -0.3 is 19.3 Å². The minimum atomic E-state index is -0.943. The van der Waals surface area contributed by atoms with Crippen LogP contribution < -0.4 is 14.2 Å². The first kappa shape index (κ1) is 23.1. The molecular weight excluding hydrogens is 454 g/mol. The molecule has 5 rings (SSSR count). The van der Waals surface area contributed by atoms with E-state index in [0.29, 0.717) is 28.2 Å². The normalized spacial score (nSPS) is 18.6. The molecule has 182 valence electrons. The SMILES string of the molecule is COc1ccc(F)c(-c2ccc(C3COc4ccc([C@H](C5CC5)[C@H](C)C(=O)O)c(F)c4O3)cc2)c1. The second-order valence-corrected chi connectivity index (χ2v) is 9.17. The average molecular weight is 481 g/mol. The van der Waals surface area contributed by atoms with Gasteiger partial charge in [0.25, 0.3) is 0 Å². The monoisotopic (exact) mass is 480 g/mol. The van der Waals surface area contributed by atoms with Crippen molar-refractivity contribution in [2.45, 2.75) is 31.8 Å². The number of carboxylic acid groups (broad SMARTS) is 1. The molecule has 1 aliphatic carbocycles. The van der Waals surface area contributed by atoms with Gasteiger partial charge in [0.1, 0.15) is 18.2 Å². The second kappa shape index (κ2) is 9.21. The van der Waals surface area contributed by atoms with Crippen LogP contribution in [0.4, 0.5) is 8.78 Å². The summed E-state index contributed by atoms with van der Waals surface area (Å²) in [6, 6.07) is 15.0. The zero-order chi connectivity index (χ0) is 24.7. The second-order valence-electron chi connectivity index (χ2n) is 9.17. The van der Waals surface area contributed by atoms with Crippen LogP contribution in [0.5, 0.6) is 17.2 Å². The Balaban J connectivity index is 1.41. The summed E-state index contributed by atoms with van der Waals surface area (Å²) in [7, 11) is 1.53. The summed E-state index contributed by atoms with van der Waals surface area (Å²) in [5.41, 5.74) is 2.20. The van der Waals surface area contributed by atoms with Crippen molar-refractivity contribution in [2.75, 3.05) is 13.7 Å². The van der Waals surface area contributed by atoms with E-state index in [-0.39, 0.29) is 24.1 Å². The third-order valence-corrected chi connectivity index (χ3v) is 6.93. The number of halogens is 2. The Morgan fingerprint density at radius 3 is 2.49 bits per heavy atom. The van der Waals surface area contributed by atoms with Gasteiger partial charge in [0.05, 0.1) is 13.0 Å². The largest absolute Gasteiger partial charge is 0.497 e. The van der Waals surface area contributed by atoms with Gasteiger partial charge in [-0.2, -0.15) is 0 Å². The summed E-state index contributed by atoms with van der Waals surface area (Å²) < 4.78 is 47.0. The number of aliphatic carboxylic acids is 1. The average Bonchev–Trinajstić information content (AvgIpc) is 3.71. The first-order valence-corrected chi connectivity index (χ1v) is 11.7. The Hall–Kier alpha value is -3.61. The van der Waals surface area contributed by atoms with E-state index in [1.54, 1.807) is 55.5 Å². The highest BCUT2D eigenvalue weighted by Crippen LogP contribution is 2.50. The Morgan fingerprint density at radius 2 is 1.83 bits per heavy atom. The van der Waals surface area contributed by atoms with Crippen molar-refractivity contribution < 1.29 is 32.9 Å². The summed E-state index contributed by atoms with van der Waals surface area (Å²) in [4.78, 5) is 11.7. The predicted octanol–water partition coefficient (Wildman–Crippen LogP) is 6.37. The number of benzene rings is 3. The summed E-state index contributed by atoms with van der Waals surface area (Å²) in [5, 5.41) is 9.55. The van der Waals surface area contributed by atoms with Gasteiger partial charge in [0.15, 0.2) is 23.4 Å². The molecule has 5 nitrogen and oxygen atoms in total. The maximum atomic E-state index is 15.7. The van der Waals surface area contributed by atoms with Crippen molar-refractivity contribution in [2.24, 2.45) is 11.8 Å². The van der Waals surface area contributed by atoms with Crippen LogP contribution in [0.2, 0.25) is 0 Å². The minimum absolute atomic E-state index is 0.00454. The van der Waals surface area contributed by atoms with E-state index in [2.05, 4.69) is 0 Å². The zero-order valence-electron chi connectivity index (χ0n) is 19.5. The molecule has 35 heavy (non-hydrogen) atoms. The highest BCUT2D eigenvalue weighted by atomic mass is 19.1. The van der Waals surface area contributed by atoms with Crippen LogP contribution in [0.1, 0.15) is 42.9 Å². The van der Waals surface area contributed by atoms with E-state index in [9.17, 15) is 14.3 Å². The molecule has 0 amide bonds. The van der Waals surface area contributed by atoms with Gasteiger partial charge in [-0.05, 0) is 59.7 Å². The summed E-state index contributed by atoms with van der Waals surface area (Å²) in [5.74, 6) is -1.98. The molecule has 0 aromatic heterocycles. The molecule has 1 aliphatic heterocycles. The lowest BCUT2D eigenvalue weighted by Crippen LogP contribution is -2.25. The highest BCUT2D eigenvalue weighted by Gasteiger charge is 2.41. The topological polar surface area (TPSA) is 65.0 Å². The van der Waals surface area contributed by atoms with Crippen LogP contribution in [0.15, 0.2) is 54.6 Å². The first-order chi connectivity index (χ1) is 16.9. The van der Waals surface area contributed by atoms with Crippen molar-refractivity contribution in [3.8, 4) is 28.4 Å². The fraction of sp³-hybridized carbons (Fsp3) is 0.321. The van der Waals surface area contributed by atoms with Gasteiger partial charge in [-0.15, -0.1) is 0 Å². The van der Waals surface area contributed by atoms with Gasteiger partial charge in [-0.3, -0.25) is 4.79 Å². The zero-order valence-corrected chi connectivity index (χ0v) is 19.5. The molecule has 0 radical (unpaired) electrons. The number of ether oxygens (including phenoxy) is 3. The molecule has 3 aromatic carbocycles. The highest BCUT2D eigenvalue weighted by molar-refractivity contribution is 5.71. The third-order valence-electron chi connectivity index (χ3n) is 6.93. The van der Waals surface area contributed by atoms with Crippen LogP contribution in [-0.2, 0) is 4.79 Å². The van der Waals surface area contributed by atoms with Crippen LogP contribution in [0.25, 0.3) is 11.1 Å². The lowest BCUT2D eigenvalue weighted by Gasteiger charge is -2.29. The molecular formula is C28H26F2O5. The lowest BCUT2D eigenvalue weighted by molar-refractivity contribution is -0.142. The van der Waals surface area contributed by atoms with Gasteiger partial charge >= 0.3 is 5.97 Å². The van der Waals surface area contributed by atoms with E-state index in [1.807, 2.05) is 0 Å². The number of carboxylic acids is 1. The number of methoxy groups -OCH3 is 1. The van der Waals surface area contributed by atoms with Crippen LogP contribution in [0, 0.1) is 23.5 Å². The maximum Gasteiger partial charge on any atom is 0.306 e. The molecule has 3 aromatic rings. The Labute approximate surface area is 202 Å². The predicted molar refractivity (Wildman–Crippen MR) is 126 cm³/mol. The van der Waals surface area contributed by atoms with E-state index < -0.39 is 29.7 Å². The molecule has 1 saturated carbocycles. The third kappa shape index (κ3) is 4.43. The van der Waals surface area contributed by atoms with Crippen molar-refractivity contribution in [1.29, 1.82) is 0 Å². The number of hydrogen-bond donors (Lipinski definition) is 1. The Morgan fingerprint density at radius 1 is 1.09 bits per heavy atom. The molecule has 3 atom stereocenters. The molecule has 0 spiro atoms. The quantitative estimate of drug-likeness (QED) is 0.426. The fourth-order valence-corrected chi connectivity index (χ4v) is 4.81. The molecule has 0 bridgehead atoms. The Bertz CT molecular complexity index is 1250. The molecule has 1 N–H and O–H groups in total. The van der Waals surface area contributed by atoms with Gasteiger partial charge in [0.2, 0.25) is 0 Å². The Kier molecular flexibility index (Phi) is 6.09. The minimum Gasteiger partial charge on any atom is -0.497 e. The molecule has 7 heteroatoms.